The molecule has 1 fully saturated rings. The minimum absolute atomic E-state index is 0.338. The highest BCUT2D eigenvalue weighted by atomic mass is 16.4. The van der Waals surface area contributed by atoms with E-state index in [1.54, 1.807) is 0 Å². The second-order valence-electron chi connectivity index (χ2n) is 4.78. The van der Waals surface area contributed by atoms with Crippen LogP contribution in [0.5, 0.6) is 0 Å². The molecule has 1 saturated carbocycles. The van der Waals surface area contributed by atoms with E-state index in [4.69, 9.17) is 0 Å². The molecule has 17 heavy (non-hydrogen) atoms. The van der Waals surface area contributed by atoms with E-state index in [1.165, 1.54) is 6.42 Å². The monoisotopic (exact) mass is 234 g/mol. The Morgan fingerprint density at radius 3 is 2.59 bits per heavy atom. The molecular weight excluding hydrogens is 216 g/mol. The number of hydrogen-bond donors (Lipinski definition) is 1. The van der Waals surface area contributed by atoms with Gasteiger partial charge >= 0.3 is 5.97 Å². The van der Waals surface area contributed by atoms with Crippen molar-refractivity contribution in [3.05, 3.63) is 22.9 Å². The zero-order valence-corrected chi connectivity index (χ0v) is 10.5. The summed E-state index contributed by atoms with van der Waals surface area (Å²) in [7, 11) is 1.94. The number of anilines is 1. The van der Waals surface area contributed by atoms with Crippen molar-refractivity contribution in [1.82, 2.24) is 4.98 Å². The zero-order chi connectivity index (χ0) is 12.6. The van der Waals surface area contributed by atoms with Crippen LogP contribution in [-0.4, -0.2) is 29.1 Å². The minimum Gasteiger partial charge on any atom is -0.478 e. The molecule has 1 aromatic rings. The van der Waals surface area contributed by atoms with Crippen molar-refractivity contribution in [2.75, 3.05) is 11.9 Å². The molecule has 0 spiro atoms. The van der Waals surface area contributed by atoms with Gasteiger partial charge in [-0.05, 0) is 44.7 Å². The summed E-state index contributed by atoms with van der Waals surface area (Å²) in [6.45, 7) is 3.73. The molecule has 1 aliphatic carbocycles. The highest BCUT2D eigenvalue weighted by Crippen LogP contribution is 2.30. The predicted molar refractivity (Wildman–Crippen MR) is 66.7 cm³/mol. The molecule has 1 heterocycles. The smallest absolute Gasteiger partial charge is 0.339 e. The SMILES string of the molecule is Cc1cc(C)c(C(=O)O)c(N(C)C2CCC2)n1. The van der Waals surface area contributed by atoms with E-state index >= 15 is 0 Å². The standard InChI is InChI=1S/C13H18N2O2/c1-8-7-9(2)14-12(11(8)13(16)17)15(3)10-5-4-6-10/h7,10H,4-6H2,1-3H3,(H,16,17). The number of rotatable bonds is 3. The van der Waals surface area contributed by atoms with Crippen molar-refractivity contribution in [2.24, 2.45) is 0 Å². The van der Waals surface area contributed by atoms with Crippen LogP contribution in [0.25, 0.3) is 0 Å². The summed E-state index contributed by atoms with van der Waals surface area (Å²) in [5.74, 6) is -0.282. The fourth-order valence-electron chi connectivity index (χ4n) is 2.28. The van der Waals surface area contributed by atoms with Crippen molar-refractivity contribution in [3.8, 4) is 0 Å². The molecule has 0 amide bonds. The van der Waals surface area contributed by atoms with Crippen molar-refractivity contribution in [3.63, 3.8) is 0 Å². The van der Waals surface area contributed by atoms with Gasteiger partial charge in [0.1, 0.15) is 11.4 Å². The number of aromatic carboxylic acids is 1. The van der Waals surface area contributed by atoms with E-state index in [2.05, 4.69) is 4.98 Å². The Morgan fingerprint density at radius 2 is 2.12 bits per heavy atom. The van der Waals surface area contributed by atoms with Gasteiger partial charge in [-0.3, -0.25) is 0 Å². The summed E-state index contributed by atoms with van der Waals surface area (Å²) in [6, 6.07) is 2.27. The zero-order valence-electron chi connectivity index (χ0n) is 10.5. The van der Waals surface area contributed by atoms with E-state index in [0.717, 1.165) is 24.1 Å². The van der Waals surface area contributed by atoms with E-state index in [0.29, 0.717) is 17.4 Å². The Bertz CT molecular complexity index is 453. The molecule has 2 rings (SSSR count). The van der Waals surface area contributed by atoms with Crippen LogP contribution >= 0.6 is 0 Å². The number of carboxylic acid groups (broad SMARTS) is 1. The van der Waals surface area contributed by atoms with E-state index in [9.17, 15) is 9.90 Å². The second-order valence-corrected chi connectivity index (χ2v) is 4.78. The molecular formula is C13H18N2O2. The fraction of sp³-hybridized carbons (Fsp3) is 0.538. The lowest BCUT2D eigenvalue weighted by molar-refractivity contribution is 0.0696. The number of aromatic nitrogens is 1. The molecule has 1 aromatic heterocycles. The van der Waals surface area contributed by atoms with Crippen molar-refractivity contribution < 1.29 is 9.90 Å². The fourth-order valence-corrected chi connectivity index (χ4v) is 2.28. The Hall–Kier alpha value is -1.58. The van der Waals surface area contributed by atoms with Crippen molar-refractivity contribution in [1.29, 1.82) is 0 Å². The maximum atomic E-state index is 11.3. The molecule has 0 atom stereocenters. The number of nitrogens with zero attached hydrogens (tertiary/aromatic N) is 2. The summed E-state index contributed by atoms with van der Waals surface area (Å²) in [4.78, 5) is 17.7. The van der Waals surface area contributed by atoms with Crippen LogP contribution in [0.3, 0.4) is 0 Å². The quantitative estimate of drug-likeness (QED) is 0.872. The number of hydrogen-bond acceptors (Lipinski definition) is 3. The molecule has 1 N–H and O–H groups in total. The lowest BCUT2D eigenvalue weighted by Gasteiger charge is -2.36. The Morgan fingerprint density at radius 1 is 1.47 bits per heavy atom. The first-order valence-electron chi connectivity index (χ1n) is 5.95. The molecule has 0 unspecified atom stereocenters. The highest BCUT2D eigenvalue weighted by Gasteiger charge is 2.27. The van der Waals surface area contributed by atoms with Gasteiger partial charge < -0.3 is 10.0 Å². The maximum Gasteiger partial charge on any atom is 0.339 e. The van der Waals surface area contributed by atoms with E-state index in [-0.39, 0.29) is 0 Å². The molecule has 4 nitrogen and oxygen atoms in total. The maximum absolute atomic E-state index is 11.3. The van der Waals surface area contributed by atoms with Gasteiger partial charge in [0.15, 0.2) is 0 Å². The lowest BCUT2D eigenvalue weighted by Crippen LogP contribution is -2.38. The number of pyridine rings is 1. The van der Waals surface area contributed by atoms with Gasteiger partial charge in [0.2, 0.25) is 0 Å². The third kappa shape index (κ3) is 2.12. The van der Waals surface area contributed by atoms with Crippen LogP contribution in [0, 0.1) is 13.8 Å². The van der Waals surface area contributed by atoms with Gasteiger partial charge in [-0.15, -0.1) is 0 Å². The van der Waals surface area contributed by atoms with Crippen LogP contribution < -0.4 is 4.90 Å². The Labute approximate surface area is 101 Å². The molecule has 1 aliphatic rings. The number of aryl methyl sites for hydroxylation is 2. The normalized spacial score (nSPS) is 15.5. The van der Waals surface area contributed by atoms with Gasteiger partial charge in [-0.25, -0.2) is 9.78 Å². The van der Waals surface area contributed by atoms with Gasteiger partial charge in [-0.1, -0.05) is 0 Å². The lowest BCUT2D eigenvalue weighted by atomic mass is 9.91. The van der Waals surface area contributed by atoms with Gasteiger partial charge in [0.25, 0.3) is 0 Å². The second kappa shape index (κ2) is 4.35. The topological polar surface area (TPSA) is 53.4 Å². The molecule has 0 saturated heterocycles. The third-order valence-electron chi connectivity index (χ3n) is 3.50. The Kier molecular flexibility index (Phi) is 3.05. The number of carboxylic acids is 1. The first kappa shape index (κ1) is 11.9. The molecule has 4 heteroatoms. The van der Waals surface area contributed by atoms with Crippen LogP contribution in [0.2, 0.25) is 0 Å². The average molecular weight is 234 g/mol. The van der Waals surface area contributed by atoms with Crippen LogP contribution in [0.1, 0.15) is 40.9 Å². The number of carbonyl (C=O) groups is 1. The molecule has 0 radical (unpaired) electrons. The summed E-state index contributed by atoms with van der Waals surface area (Å²) >= 11 is 0. The van der Waals surface area contributed by atoms with Crippen molar-refractivity contribution >= 4 is 11.8 Å². The predicted octanol–water partition coefficient (Wildman–Crippen LogP) is 2.39. The van der Waals surface area contributed by atoms with Crippen molar-refractivity contribution in [2.45, 2.75) is 39.2 Å². The molecule has 0 bridgehead atoms. The molecule has 92 valence electrons. The van der Waals surface area contributed by atoms with Crippen LogP contribution in [0.15, 0.2) is 6.07 Å². The summed E-state index contributed by atoms with van der Waals surface area (Å²) in [5.41, 5.74) is 1.99. The first-order valence-corrected chi connectivity index (χ1v) is 5.95. The third-order valence-corrected chi connectivity index (χ3v) is 3.50. The van der Waals surface area contributed by atoms with Gasteiger partial charge in [-0.2, -0.15) is 0 Å². The first-order chi connectivity index (χ1) is 8.00. The average Bonchev–Trinajstić information content (AvgIpc) is 2.12. The minimum atomic E-state index is -0.892. The van der Waals surface area contributed by atoms with E-state index < -0.39 is 5.97 Å². The molecule has 0 aromatic carbocycles. The summed E-state index contributed by atoms with van der Waals surface area (Å²) < 4.78 is 0. The summed E-state index contributed by atoms with van der Waals surface area (Å²) in [5, 5.41) is 9.29. The summed E-state index contributed by atoms with van der Waals surface area (Å²) in [6.07, 6.45) is 3.48. The van der Waals surface area contributed by atoms with E-state index in [1.807, 2.05) is 31.9 Å². The van der Waals surface area contributed by atoms with Crippen LogP contribution in [-0.2, 0) is 0 Å². The molecule has 0 aliphatic heterocycles. The van der Waals surface area contributed by atoms with Gasteiger partial charge in [0, 0.05) is 18.8 Å². The Balaban J connectivity index is 2.46. The highest BCUT2D eigenvalue weighted by molar-refractivity contribution is 5.95. The van der Waals surface area contributed by atoms with Crippen LogP contribution in [0.4, 0.5) is 5.82 Å². The largest absolute Gasteiger partial charge is 0.478 e. The van der Waals surface area contributed by atoms with Gasteiger partial charge in [0.05, 0.1) is 0 Å².